The van der Waals surface area contributed by atoms with E-state index in [2.05, 4.69) is 9.72 Å². The van der Waals surface area contributed by atoms with Crippen molar-refractivity contribution in [1.82, 2.24) is 4.98 Å². The first kappa shape index (κ1) is 17.1. The van der Waals surface area contributed by atoms with Gasteiger partial charge in [0.05, 0.1) is 23.8 Å². The van der Waals surface area contributed by atoms with Crippen LogP contribution in [0.15, 0.2) is 42.7 Å². The van der Waals surface area contributed by atoms with Crippen LogP contribution >= 0.6 is 0 Å². The van der Waals surface area contributed by atoms with Crippen molar-refractivity contribution in [3.8, 4) is 11.5 Å². The van der Waals surface area contributed by atoms with Crippen LogP contribution in [0.4, 0.5) is 5.69 Å². The highest BCUT2D eigenvalue weighted by Crippen LogP contribution is 2.23. The van der Waals surface area contributed by atoms with Gasteiger partial charge in [-0.3, -0.25) is 15.1 Å². The summed E-state index contributed by atoms with van der Waals surface area (Å²) >= 11 is 0. The number of pyridine rings is 1. The van der Waals surface area contributed by atoms with Crippen LogP contribution in [0.3, 0.4) is 0 Å². The van der Waals surface area contributed by atoms with Crippen LogP contribution in [0.2, 0.25) is 0 Å². The predicted octanol–water partition coefficient (Wildman–Crippen LogP) is 3.59. The smallest absolute Gasteiger partial charge is 0.339 e. The molecule has 7 heteroatoms. The molecule has 0 radical (unpaired) electrons. The van der Waals surface area contributed by atoms with Crippen LogP contribution in [0.25, 0.3) is 0 Å². The fraction of sp³-hybridized carbons (Fsp3) is 0.200. The number of hydrogen-bond acceptors (Lipinski definition) is 6. The molecule has 0 saturated carbocycles. The van der Waals surface area contributed by atoms with Crippen molar-refractivity contribution in [2.45, 2.75) is 13.8 Å². The van der Waals surface area contributed by atoms with Crippen LogP contribution in [0.1, 0.15) is 24.2 Å². The van der Waals surface area contributed by atoms with Gasteiger partial charge >= 0.3 is 5.97 Å². The Morgan fingerprint density at radius 2 is 1.77 bits per heavy atom. The number of nitro groups is 1. The SMILES string of the molecule is CC.COC(=O)c1cncc(Oc2ccc([N+](=O)[O-])cc2)c1. The van der Waals surface area contributed by atoms with Gasteiger partial charge in [-0.25, -0.2) is 4.79 Å². The van der Waals surface area contributed by atoms with E-state index in [1.165, 1.54) is 49.8 Å². The first-order valence-corrected chi connectivity index (χ1v) is 6.56. The Balaban J connectivity index is 0.00000116. The number of nitrogens with zero attached hydrogens (tertiary/aromatic N) is 2. The van der Waals surface area contributed by atoms with Gasteiger partial charge in [0.1, 0.15) is 11.5 Å². The van der Waals surface area contributed by atoms with E-state index >= 15 is 0 Å². The Morgan fingerprint density at radius 3 is 2.32 bits per heavy atom. The Labute approximate surface area is 127 Å². The molecule has 22 heavy (non-hydrogen) atoms. The summed E-state index contributed by atoms with van der Waals surface area (Å²) in [6.07, 6.45) is 2.78. The average molecular weight is 304 g/mol. The molecule has 1 aromatic heterocycles. The van der Waals surface area contributed by atoms with Gasteiger partial charge in [-0.2, -0.15) is 0 Å². The van der Waals surface area contributed by atoms with E-state index in [0.29, 0.717) is 11.5 Å². The molecule has 2 aromatic rings. The van der Waals surface area contributed by atoms with Gasteiger partial charge in [0, 0.05) is 18.3 Å². The quantitative estimate of drug-likeness (QED) is 0.487. The van der Waals surface area contributed by atoms with Crippen molar-refractivity contribution in [3.63, 3.8) is 0 Å². The van der Waals surface area contributed by atoms with Crippen molar-refractivity contribution in [2.75, 3.05) is 7.11 Å². The van der Waals surface area contributed by atoms with E-state index in [0.717, 1.165) is 0 Å². The number of non-ortho nitro benzene ring substituents is 1. The molecule has 0 atom stereocenters. The van der Waals surface area contributed by atoms with E-state index in [1.807, 2.05) is 13.8 Å². The molecule has 116 valence electrons. The molecule has 0 amide bonds. The molecule has 7 nitrogen and oxygen atoms in total. The highest BCUT2D eigenvalue weighted by Gasteiger charge is 2.09. The predicted molar refractivity (Wildman–Crippen MR) is 80.1 cm³/mol. The van der Waals surface area contributed by atoms with Crippen LogP contribution in [-0.2, 0) is 4.74 Å². The summed E-state index contributed by atoms with van der Waals surface area (Å²) in [6, 6.07) is 7.05. The molecule has 0 fully saturated rings. The zero-order chi connectivity index (χ0) is 16.5. The van der Waals surface area contributed by atoms with Gasteiger partial charge in [-0.1, -0.05) is 13.8 Å². The van der Waals surface area contributed by atoms with E-state index < -0.39 is 10.9 Å². The number of methoxy groups -OCH3 is 1. The van der Waals surface area contributed by atoms with Crippen molar-refractivity contribution in [2.24, 2.45) is 0 Å². The summed E-state index contributed by atoms with van der Waals surface area (Å²) in [6.45, 7) is 4.00. The minimum absolute atomic E-state index is 0.0289. The van der Waals surface area contributed by atoms with Crippen LogP contribution in [0.5, 0.6) is 11.5 Å². The highest BCUT2D eigenvalue weighted by molar-refractivity contribution is 5.89. The van der Waals surface area contributed by atoms with Crippen LogP contribution in [0, 0.1) is 10.1 Å². The molecule has 0 aliphatic rings. The zero-order valence-electron chi connectivity index (χ0n) is 12.5. The van der Waals surface area contributed by atoms with Gasteiger partial charge in [0.2, 0.25) is 0 Å². The maximum atomic E-state index is 11.3. The Bertz CT molecular complexity index is 641. The normalized spacial score (nSPS) is 9.23. The molecule has 0 saturated heterocycles. The Morgan fingerprint density at radius 1 is 1.14 bits per heavy atom. The van der Waals surface area contributed by atoms with E-state index in [9.17, 15) is 14.9 Å². The Kier molecular flexibility index (Phi) is 6.49. The third-order valence-corrected chi connectivity index (χ3v) is 2.42. The number of carbonyl (C=O) groups is 1. The van der Waals surface area contributed by atoms with Gasteiger partial charge in [0.15, 0.2) is 0 Å². The van der Waals surface area contributed by atoms with Crippen molar-refractivity contribution < 1.29 is 19.2 Å². The number of ether oxygens (including phenoxy) is 2. The molecular formula is C15H16N2O5. The highest BCUT2D eigenvalue weighted by atomic mass is 16.6. The Hall–Kier alpha value is -2.96. The number of carbonyl (C=O) groups excluding carboxylic acids is 1. The number of hydrogen-bond donors (Lipinski definition) is 0. The number of benzene rings is 1. The van der Waals surface area contributed by atoms with Gasteiger partial charge in [-0.05, 0) is 18.2 Å². The second-order valence-electron chi connectivity index (χ2n) is 3.75. The monoisotopic (exact) mass is 304 g/mol. The second-order valence-corrected chi connectivity index (χ2v) is 3.75. The topological polar surface area (TPSA) is 91.6 Å². The largest absolute Gasteiger partial charge is 0.465 e. The van der Waals surface area contributed by atoms with Crippen molar-refractivity contribution in [1.29, 1.82) is 0 Å². The summed E-state index contributed by atoms with van der Waals surface area (Å²) < 4.78 is 10.0. The molecule has 0 aliphatic heterocycles. The zero-order valence-corrected chi connectivity index (χ0v) is 12.5. The summed E-state index contributed by atoms with van der Waals surface area (Å²) in [5, 5.41) is 10.5. The first-order valence-electron chi connectivity index (χ1n) is 6.56. The van der Waals surface area contributed by atoms with Crippen LogP contribution in [-0.4, -0.2) is 23.0 Å². The summed E-state index contributed by atoms with van der Waals surface area (Å²) in [5.74, 6) is 0.216. The van der Waals surface area contributed by atoms with Crippen molar-refractivity contribution >= 4 is 11.7 Å². The fourth-order valence-corrected chi connectivity index (χ4v) is 1.48. The lowest BCUT2D eigenvalue weighted by atomic mass is 10.3. The minimum atomic E-state index is -0.522. The van der Waals surface area contributed by atoms with Crippen LogP contribution < -0.4 is 4.74 Å². The maximum absolute atomic E-state index is 11.3. The summed E-state index contributed by atoms with van der Waals surface area (Å²) in [7, 11) is 1.27. The maximum Gasteiger partial charge on any atom is 0.339 e. The molecular weight excluding hydrogens is 288 g/mol. The first-order chi connectivity index (χ1) is 10.6. The van der Waals surface area contributed by atoms with Crippen molar-refractivity contribution in [3.05, 3.63) is 58.4 Å². The standard InChI is InChI=1S/C13H10N2O5.C2H6/c1-19-13(16)9-6-12(8-14-7-9)20-11-4-2-10(3-5-11)15(17)18;1-2/h2-8H,1H3;1-2H3. The minimum Gasteiger partial charge on any atom is -0.465 e. The molecule has 1 aromatic carbocycles. The number of nitro benzene ring substituents is 1. The lowest BCUT2D eigenvalue weighted by molar-refractivity contribution is -0.384. The molecule has 0 unspecified atom stereocenters. The molecule has 0 N–H and O–H groups in total. The number of esters is 1. The third kappa shape index (κ3) is 4.55. The second kappa shape index (κ2) is 8.35. The molecule has 2 rings (SSSR count). The molecule has 0 spiro atoms. The van der Waals surface area contributed by atoms with Gasteiger partial charge in [-0.15, -0.1) is 0 Å². The third-order valence-electron chi connectivity index (χ3n) is 2.42. The summed E-state index contributed by atoms with van der Waals surface area (Å²) in [4.78, 5) is 25.2. The molecule has 1 heterocycles. The number of aromatic nitrogens is 1. The summed E-state index contributed by atoms with van der Waals surface area (Å²) in [5.41, 5.74) is 0.227. The van der Waals surface area contributed by atoms with E-state index in [1.54, 1.807) is 0 Å². The average Bonchev–Trinajstić information content (AvgIpc) is 2.56. The van der Waals surface area contributed by atoms with E-state index in [4.69, 9.17) is 4.74 Å². The fourth-order valence-electron chi connectivity index (χ4n) is 1.48. The number of rotatable bonds is 4. The van der Waals surface area contributed by atoms with Gasteiger partial charge < -0.3 is 9.47 Å². The van der Waals surface area contributed by atoms with Gasteiger partial charge in [0.25, 0.3) is 5.69 Å². The lowest BCUT2D eigenvalue weighted by Crippen LogP contribution is -2.01. The molecule has 0 aliphatic carbocycles. The molecule has 0 bridgehead atoms. The van der Waals surface area contributed by atoms with E-state index in [-0.39, 0.29) is 11.3 Å². The lowest BCUT2D eigenvalue weighted by Gasteiger charge is -2.06.